The summed E-state index contributed by atoms with van der Waals surface area (Å²) < 4.78 is 17.0. The summed E-state index contributed by atoms with van der Waals surface area (Å²) in [7, 11) is 0. The van der Waals surface area contributed by atoms with Crippen molar-refractivity contribution in [2.24, 2.45) is 0 Å². The number of rotatable bonds is 4. The van der Waals surface area contributed by atoms with Gasteiger partial charge in [-0.15, -0.1) is 10.2 Å². The van der Waals surface area contributed by atoms with Gasteiger partial charge in [0.15, 0.2) is 6.61 Å². The molecular formula is C18H11BrN2O4. The van der Waals surface area contributed by atoms with Crippen LogP contribution in [0.4, 0.5) is 0 Å². The molecule has 0 saturated carbocycles. The Morgan fingerprint density at radius 3 is 2.68 bits per heavy atom. The minimum Gasteiger partial charge on any atom is -0.450 e. The molecule has 0 aliphatic heterocycles. The zero-order valence-electron chi connectivity index (χ0n) is 12.8. The average molecular weight is 399 g/mol. The molecule has 4 aromatic rings. The van der Waals surface area contributed by atoms with Crippen molar-refractivity contribution in [3.8, 4) is 11.5 Å². The molecule has 0 fully saturated rings. The molecule has 0 aliphatic carbocycles. The molecule has 0 atom stereocenters. The number of furan rings is 1. The van der Waals surface area contributed by atoms with Crippen LogP contribution in [0.2, 0.25) is 0 Å². The van der Waals surface area contributed by atoms with Gasteiger partial charge < -0.3 is 13.6 Å². The Hall–Kier alpha value is -2.93. The molecule has 2 heterocycles. The first kappa shape index (κ1) is 15.6. The van der Waals surface area contributed by atoms with Gasteiger partial charge in [-0.3, -0.25) is 0 Å². The maximum Gasteiger partial charge on any atom is 0.374 e. The maximum atomic E-state index is 12.1. The highest BCUT2D eigenvalue weighted by Gasteiger charge is 2.16. The molecule has 6 nitrogen and oxygen atoms in total. The van der Waals surface area contributed by atoms with Crippen molar-refractivity contribution in [3.63, 3.8) is 0 Å². The highest BCUT2D eigenvalue weighted by molar-refractivity contribution is 9.10. The Balaban J connectivity index is 1.46. The number of ether oxygens (including phenoxy) is 1. The Morgan fingerprint density at radius 2 is 1.84 bits per heavy atom. The lowest BCUT2D eigenvalue weighted by Gasteiger charge is -1.99. The van der Waals surface area contributed by atoms with Crippen molar-refractivity contribution >= 4 is 32.9 Å². The van der Waals surface area contributed by atoms with Crippen LogP contribution < -0.4 is 0 Å². The summed E-state index contributed by atoms with van der Waals surface area (Å²) in [4.78, 5) is 12.1. The number of halogens is 1. The molecule has 0 radical (unpaired) electrons. The molecule has 0 N–H and O–H groups in total. The number of hydrogen-bond acceptors (Lipinski definition) is 6. The predicted molar refractivity (Wildman–Crippen MR) is 92.8 cm³/mol. The van der Waals surface area contributed by atoms with Crippen LogP contribution in [0.15, 0.2) is 67.9 Å². The minimum atomic E-state index is -0.586. The minimum absolute atomic E-state index is 0.131. The van der Waals surface area contributed by atoms with Gasteiger partial charge in [-0.25, -0.2) is 4.79 Å². The molecule has 0 saturated heterocycles. The van der Waals surface area contributed by atoms with E-state index in [0.29, 0.717) is 11.5 Å². The van der Waals surface area contributed by atoms with Crippen LogP contribution in [0, 0.1) is 0 Å². The van der Waals surface area contributed by atoms with Gasteiger partial charge >= 0.3 is 5.97 Å². The number of fused-ring (bicyclic) bond motifs is 1. The van der Waals surface area contributed by atoms with Gasteiger partial charge in [-0.05, 0) is 40.2 Å². The Kier molecular flexibility index (Phi) is 4.07. The number of benzene rings is 2. The van der Waals surface area contributed by atoms with Crippen LogP contribution in [0.3, 0.4) is 0 Å². The van der Waals surface area contributed by atoms with Crippen LogP contribution >= 0.6 is 15.9 Å². The fraction of sp³-hybridized carbons (Fsp3) is 0.0556. The largest absolute Gasteiger partial charge is 0.450 e. The first-order valence-corrected chi connectivity index (χ1v) is 8.23. The van der Waals surface area contributed by atoms with Crippen LogP contribution in [-0.2, 0) is 11.3 Å². The van der Waals surface area contributed by atoms with Crippen LogP contribution in [0.25, 0.3) is 22.4 Å². The molecule has 0 spiro atoms. The summed E-state index contributed by atoms with van der Waals surface area (Å²) in [5, 5.41) is 8.70. The SMILES string of the molecule is O=C(OCc1nnc(-c2ccccc2Br)o1)c1cc2ccccc2o1. The summed E-state index contributed by atoms with van der Waals surface area (Å²) in [5.74, 6) is 0.0982. The highest BCUT2D eigenvalue weighted by Crippen LogP contribution is 2.27. The van der Waals surface area contributed by atoms with Crippen LogP contribution in [0.5, 0.6) is 0 Å². The molecule has 2 aromatic carbocycles. The third-order valence-electron chi connectivity index (χ3n) is 3.52. The second-order valence-corrected chi connectivity index (χ2v) is 6.06. The summed E-state index contributed by atoms with van der Waals surface area (Å²) in [5.41, 5.74) is 1.40. The smallest absolute Gasteiger partial charge is 0.374 e. The lowest BCUT2D eigenvalue weighted by Crippen LogP contribution is -2.04. The molecule has 0 unspecified atom stereocenters. The molecular weight excluding hydrogens is 388 g/mol. The van der Waals surface area contributed by atoms with Crippen LogP contribution in [0.1, 0.15) is 16.4 Å². The third-order valence-corrected chi connectivity index (χ3v) is 4.22. The first-order valence-electron chi connectivity index (χ1n) is 7.44. The van der Waals surface area contributed by atoms with Gasteiger partial charge in [0, 0.05) is 9.86 Å². The monoisotopic (exact) mass is 398 g/mol. The van der Waals surface area contributed by atoms with E-state index in [1.807, 2.05) is 42.5 Å². The number of nitrogens with zero attached hydrogens (tertiary/aromatic N) is 2. The van der Waals surface area contributed by atoms with E-state index in [1.165, 1.54) is 0 Å². The predicted octanol–water partition coefficient (Wildman–Crippen LogP) is 4.60. The Labute approximate surface area is 150 Å². The fourth-order valence-corrected chi connectivity index (χ4v) is 2.79. The van der Waals surface area contributed by atoms with Crippen LogP contribution in [-0.4, -0.2) is 16.2 Å². The number of para-hydroxylation sites is 1. The molecule has 0 amide bonds. The number of hydrogen-bond donors (Lipinski definition) is 0. The summed E-state index contributed by atoms with van der Waals surface area (Å²) >= 11 is 3.43. The van der Waals surface area contributed by atoms with E-state index in [1.54, 1.807) is 12.1 Å². The lowest BCUT2D eigenvalue weighted by atomic mass is 10.2. The standard InChI is InChI=1S/C18H11BrN2O4/c19-13-7-3-2-6-12(13)17-21-20-16(25-17)10-23-18(22)15-9-11-5-1-4-8-14(11)24-15/h1-9H,10H2. The number of aromatic nitrogens is 2. The lowest BCUT2D eigenvalue weighted by molar-refractivity contribution is 0.0405. The number of carbonyl (C=O) groups is 1. The normalized spacial score (nSPS) is 10.9. The third kappa shape index (κ3) is 3.18. The summed E-state index contributed by atoms with van der Waals surface area (Å²) in [6.45, 7) is -0.132. The van der Waals surface area contributed by atoms with Crippen molar-refractivity contribution in [1.82, 2.24) is 10.2 Å². The fourth-order valence-electron chi connectivity index (χ4n) is 2.34. The molecule has 0 bridgehead atoms. The Bertz CT molecular complexity index is 1020. The number of carbonyl (C=O) groups excluding carboxylic acids is 1. The Morgan fingerprint density at radius 1 is 1.04 bits per heavy atom. The van der Waals surface area contributed by atoms with Crippen molar-refractivity contribution < 1.29 is 18.4 Å². The van der Waals surface area contributed by atoms with E-state index in [-0.39, 0.29) is 18.3 Å². The van der Waals surface area contributed by atoms with Crippen molar-refractivity contribution in [1.29, 1.82) is 0 Å². The second-order valence-electron chi connectivity index (χ2n) is 5.21. The number of esters is 1. The van der Waals surface area contributed by atoms with Crippen molar-refractivity contribution in [2.45, 2.75) is 6.61 Å². The topological polar surface area (TPSA) is 78.4 Å². The molecule has 7 heteroatoms. The van der Waals surface area contributed by atoms with Crippen molar-refractivity contribution in [2.75, 3.05) is 0 Å². The molecule has 4 rings (SSSR count). The molecule has 124 valence electrons. The van der Waals surface area contributed by atoms with E-state index in [9.17, 15) is 4.79 Å². The van der Waals surface area contributed by atoms with Gasteiger partial charge in [0.25, 0.3) is 5.89 Å². The van der Waals surface area contributed by atoms with Gasteiger partial charge in [-0.1, -0.05) is 30.3 Å². The van der Waals surface area contributed by atoms with Gasteiger partial charge in [0.2, 0.25) is 11.7 Å². The maximum absolute atomic E-state index is 12.1. The van der Waals surface area contributed by atoms with E-state index in [2.05, 4.69) is 26.1 Å². The van der Waals surface area contributed by atoms with E-state index >= 15 is 0 Å². The van der Waals surface area contributed by atoms with E-state index < -0.39 is 5.97 Å². The summed E-state index contributed by atoms with van der Waals surface area (Å²) in [6, 6.07) is 16.5. The molecule has 2 aromatic heterocycles. The average Bonchev–Trinajstić information content (AvgIpc) is 3.27. The van der Waals surface area contributed by atoms with Gasteiger partial charge in [-0.2, -0.15) is 0 Å². The zero-order chi connectivity index (χ0) is 17.2. The van der Waals surface area contributed by atoms with E-state index in [0.717, 1.165) is 15.4 Å². The molecule has 25 heavy (non-hydrogen) atoms. The zero-order valence-corrected chi connectivity index (χ0v) is 14.4. The van der Waals surface area contributed by atoms with Gasteiger partial charge in [0.1, 0.15) is 5.58 Å². The first-order chi connectivity index (χ1) is 12.2. The molecule has 0 aliphatic rings. The quantitative estimate of drug-likeness (QED) is 0.467. The van der Waals surface area contributed by atoms with E-state index in [4.69, 9.17) is 13.6 Å². The summed E-state index contributed by atoms with van der Waals surface area (Å²) in [6.07, 6.45) is 0. The van der Waals surface area contributed by atoms with Gasteiger partial charge in [0.05, 0.1) is 5.56 Å². The highest BCUT2D eigenvalue weighted by atomic mass is 79.9. The second kappa shape index (κ2) is 6.52. The van der Waals surface area contributed by atoms with Crippen molar-refractivity contribution in [3.05, 3.63) is 70.7 Å².